The lowest BCUT2D eigenvalue weighted by atomic mass is 10.1. The number of piperidine rings is 1. The van der Waals surface area contributed by atoms with Crippen LogP contribution in [0.3, 0.4) is 0 Å². The summed E-state index contributed by atoms with van der Waals surface area (Å²) >= 11 is 0. The molecule has 1 aromatic heterocycles. The summed E-state index contributed by atoms with van der Waals surface area (Å²) in [4.78, 5) is 29.5. The van der Waals surface area contributed by atoms with Crippen LogP contribution in [0.5, 0.6) is 11.6 Å². The van der Waals surface area contributed by atoms with Gasteiger partial charge >= 0.3 is 0 Å². The number of amides is 2. The second kappa shape index (κ2) is 8.57. The smallest absolute Gasteiger partial charge is 0.239 e. The molecule has 1 aromatic carbocycles. The third-order valence-electron chi connectivity index (χ3n) is 4.19. The molecule has 1 aliphatic heterocycles. The molecular weight excluding hydrogens is 356 g/mol. The maximum atomic E-state index is 13.3. The molecule has 6 nitrogen and oxygen atoms in total. The molecule has 2 heterocycles. The summed E-state index contributed by atoms with van der Waals surface area (Å²) in [5.41, 5.74) is 0.570. The molecule has 27 heavy (non-hydrogen) atoms. The van der Waals surface area contributed by atoms with Gasteiger partial charge in [0, 0.05) is 37.3 Å². The average molecular weight is 375 g/mol. The number of hydrogen-bond acceptors (Lipinski definition) is 4. The van der Waals surface area contributed by atoms with Crippen LogP contribution in [-0.4, -0.2) is 34.8 Å². The Hall–Kier alpha value is -3.03. The molecule has 0 spiro atoms. The van der Waals surface area contributed by atoms with Crippen LogP contribution in [0.2, 0.25) is 0 Å². The Morgan fingerprint density at radius 3 is 2.85 bits per heavy atom. The minimum atomic E-state index is -1.02. The van der Waals surface area contributed by atoms with Crippen LogP contribution in [0.4, 0.5) is 8.78 Å². The highest BCUT2D eigenvalue weighted by molar-refractivity contribution is 5.85. The van der Waals surface area contributed by atoms with Gasteiger partial charge in [0.15, 0.2) is 11.6 Å². The summed E-state index contributed by atoms with van der Waals surface area (Å²) in [5, 5.41) is 2.73. The highest BCUT2D eigenvalue weighted by Crippen LogP contribution is 2.24. The van der Waals surface area contributed by atoms with Crippen molar-refractivity contribution in [1.29, 1.82) is 0 Å². The van der Waals surface area contributed by atoms with Gasteiger partial charge < -0.3 is 15.0 Å². The highest BCUT2D eigenvalue weighted by atomic mass is 19.2. The number of likely N-dealkylation sites (tertiary alicyclic amines) is 1. The lowest BCUT2D eigenvalue weighted by molar-refractivity contribution is -0.137. The van der Waals surface area contributed by atoms with E-state index in [1.165, 1.54) is 12.3 Å². The standard InChI is InChI=1S/C19H19F2N3O3/c20-15-7-6-14(10-16(15)21)27-19-13(4-3-8-22-19)11-23-17(25)12-24-9-2-1-5-18(24)26/h3-4,6-8,10H,1-2,5,9,11-12H2,(H,23,25). The molecule has 8 heteroatoms. The summed E-state index contributed by atoms with van der Waals surface area (Å²) in [5.74, 6) is -2.02. The third kappa shape index (κ3) is 4.99. The van der Waals surface area contributed by atoms with E-state index < -0.39 is 11.6 Å². The lowest BCUT2D eigenvalue weighted by Gasteiger charge is -2.26. The van der Waals surface area contributed by atoms with Gasteiger partial charge in [0.05, 0.1) is 6.54 Å². The van der Waals surface area contributed by atoms with E-state index in [4.69, 9.17) is 4.74 Å². The monoisotopic (exact) mass is 375 g/mol. The Labute approximate surface area is 155 Å². The van der Waals surface area contributed by atoms with E-state index in [-0.39, 0.29) is 36.5 Å². The van der Waals surface area contributed by atoms with Gasteiger partial charge in [-0.2, -0.15) is 0 Å². The minimum Gasteiger partial charge on any atom is -0.439 e. The zero-order valence-electron chi connectivity index (χ0n) is 14.6. The number of hydrogen-bond donors (Lipinski definition) is 1. The molecule has 1 fully saturated rings. The van der Waals surface area contributed by atoms with Crippen molar-refractivity contribution < 1.29 is 23.1 Å². The molecule has 0 atom stereocenters. The molecule has 142 valence electrons. The summed E-state index contributed by atoms with van der Waals surface area (Å²) in [6.07, 6.45) is 3.72. The first-order chi connectivity index (χ1) is 13.0. The number of halogens is 2. The number of nitrogens with zero attached hydrogens (tertiary/aromatic N) is 2. The van der Waals surface area contributed by atoms with Crippen molar-refractivity contribution in [2.75, 3.05) is 13.1 Å². The molecule has 2 amide bonds. The lowest BCUT2D eigenvalue weighted by Crippen LogP contribution is -2.42. The number of pyridine rings is 1. The van der Waals surface area contributed by atoms with Crippen LogP contribution in [0, 0.1) is 11.6 Å². The van der Waals surface area contributed by atoms with Crippen molar-refractivity contribution in [3.63, 3.8) is 0 Å². The molecular formula is C19H19F2N3O3. The zero-order valence-corrected chi connectivity index (χ0v) is 14.6. The van der Waals surface area contributed by atoms with E-state index in [1.54, 1.807) is 17.0 Å². The molecule has 0 bridgehead atoms. The molecule has 1 saturated heterocycles. The summed E-state index contributed by atoms with van der Waals surface area (Å²) < 4.78 is 31.9. The Morgan fingerprint density at radius 1 is 1.22 bits per heavy atom. The van der Waals surface area contributed by atoms with Crippen LogP contribution in [0.15, 0.2) is 36.5 Å². The predicted molar refractivity (Wildman–Crippen MR) is 92.9 cm³/mol. The Morgan fingerprint density at radius 2 is 2.07 bits per heavy atom. The maximum absolute atomic E-state index is 13.3. The fourth-order valence-electron chi connectivity index (χ4n) is 2.75. The van der Waals surface area contributed by atoms with Crippen LogP contribution in [0.25, 0.3) is 0 Å². The number of carbonyl (C=O) groups is 2. The van der Waals surface area contributed by atoms with E-state index in [2.05, 4.69) is 10.3 Å². The largest absolute Gasteiger partial charge is 0.439 e. The first kappa shape index (κ1) is 18.8. The number of rotatable bonds is 6. The summed E-state index contributed by atoms with van der Waals surface area (Å²) in [7, 11) is 0. The molecule has 0 radical (unpaired) electrons. The van der Waals surface area contributed by atoms with Crippen LogP contribution >= 0.6 is 0 Å². The number of benzene rings is 1. The topological polar surface area (TPSA) is 71.5 Å². The van der Waals surface area contributed by atoms with Crippen LogP contribution < -0.4 is 10.1 Å². The van der Waals surface area contributed by atoms with Gasteiger partial charge in [-0.15, -0.1) is 0 Å². The molecule has 3 rings (SSSR count). The second-order valence-electron chi connectivity index (χ2n) is 6.19. The summed E-state index contributed by atoms with van der Waals surface area (Å²) in [6.45, 7) is 0.732. The first-order valence-corrected chi connectivity index (χ1v) is 8.64. The number of nitrogens with one attached hydrogen (secondary N) is 1. The molecule has 0 unspecified atom stereocenters. The van der Waals surface area contributed by atoms with E-state index in [1.807, 2.05) is 0 Å². The van der Waals surface area contributed by atoms with Crippen molar-refractivity contribution in [2.45, 2.75) is 25.8 Å². The number of aromatic nitrogens is 1. The van der Waals surface area contributed by atoms with E-state index >= 15 is 0 Å². The summed E-state index contributed by atoms with van der Waals surface area (Å²) in [6, 6.07) is 6.55. The van der Waals surface area contributed by atoms with Crippen molar-refractivity contribution >= 4 is 11.8 Å². The highest BCUT2D eigenvalue weighted by Gasteiger charge is 2.20. The minimum absolute atomic E-state index is 0.0124. The van der Waals surface area contributed by atoms with Gasteiger partial charge in [-0.3, -0.25) is 9.59 Å². The van der Waals surface area contributed by atoms with E-state index in [9.17, 15) is 18.4 Å². The van der Waals surface area contributed by atoms with Crippen molar-refractivity contribution in [1.82, 2.24) is 15.2 Å². The van der Waals surface area contributed by atoms with Gasteiger partial charge in [0.2, 0.25) is 17.7 Å². The van der Waals surface area contributed by atoms with Gasteiger partial charge in [0.1, 0.15) is 5.75 Å². The van der Waals surface area contributed by atoms with Crippen molar-refractivity contribution in [3.05, 3.63) is 53.7 Å². The molecule has 2 aromatic rings. The molecule has 0 saturated carbocycles. The molecule has 1 aliphatic rings. The second-order valence-corrected chi connectivity index (χ2v) is 6.19. The molecule has 0 aliphatic carbocycles. The number of carbonyl (C=O) groups excluding carboxylic acids is 2. The van der Waals surface area contributed by atoms with Crippen LogP contribution in [0.1, 0.15) is 24.8 Å². The number of ether oxygens (including phenoxy) is 1. The first-order valence-electron chi connectivity index (χ1n) is 8.64. The quantitative estimate of drug-likeness (QED) is 0.843. The Bertz CT molecular complexity index is 845. The van der Waals surface area contributed by atoms with Crippen LogP contribution in [-0.2, 0) is 16.1 Å². The van der Waals surface area contributed by atoms with E-state index in [0.29, 0.717) is 18.5 Å². The van der Waals surface area contributed by atoms with Gasteiger partial charge in [-0.05, 0) is 31.0 Å². The fraction of sp³-hybridized carbons (Fsp3) is 0.316. The van der Waals surface area contributed by atoms with E-state index in [0.717, 1.165) is 25.0 Å². The van der Waals surface area contributed by atoms with Crippen molar-refractivity contribution in [2.24, 2.45) is 0 Å². The fourth-order valence-corrected chi connectivity index (χ4v) is 2.75. The average Bonchev–Trinajstić information content (AvgIpc) is 2.66. The molecule has 1 N–H and O–H groups in total. The van der Waals surface area contributed by atoms with Gasteiger partial charge in [-0.1, -0.05) is 6.07 Å². The predicted octanol–water partition coefficient (Wildman–Crippen LogP) is 2.78. The zero-order chi connectivity index (χ0) is 19.2. The Balaban J connectivity index is 1.61. The van der Waals surface area contributed by atoms with Gasteiger partial charge in [-0.25, -0.2) is 13.8 Å². The Kier molecular flexibility index (Phi) is 5.95. The maximum Gasteiger partial charge on any atom is 0.239 e. The third-order valence-corrected chi connectivity index (χ3v) is 4.19. The normalized spacial score (nSPS) is 14.1. The van der Waals surface area contributed by atoms with Gasteiger partial charge in [0.25, 0.3) is 0 Å². The van der Waals surface area contributed by atoms with Crippen molar-refractivity contribution in [3.8, 4) is 11.6 Å². The SMILES string of the molecule is O=C(CN1CCCCC1=O)NCc1cccnc1Oc1ccc(F)c(F)c1.